The maximum absolute atomic E-state index is 2.45. The van der Waals surface area contributed by atoms with Crippen molar-refractivity contribution >= 4 is 34.1 Å². The molecule has 0 aliphatic heterocycles. The molecule has 2 nitrogen and oxygen atoms in total. The van der Waals surface area contributed by atoms with Crippen LogP contribution in [-0.2, 0) is 5.41 Å². The van der Waals surface area contributed by atoms with Crippen molar-refractivity contribution < 1.29 is 0 Å². The Hall–Kier alpha value is -7.42. The van der Waals surface area contributed by atoms with Crippen LogP contribution in [-0.4, -0.2) is 0 Å². The van der Waals surface area contributed by atoms with E-state index in [0.29, 0.717) is 0 Å². The van der Waals surface area contributed by atoms with Crippen molar-refractivity contribution in [1.82, 2.24) is 0 Å². The van der Waals surface area contributed by atoms with Gasteiger partial charge < -0.3 is 9.80 Å². The summed E-state index contributed by atoms with van der Waals surface area (Å²) in [5.41, 5.74) is 24.0. The molecule has 0 amide bonds. The predicted octanol–water partition coefficient (Wildman–Crippen LogP) is 17.2. The molecule has 0 fully saturated rings. The Balaban J connectivity index is 1.21. The Bertz CT molecular complexity index is 2950. The van der Waals surface area contributed by atoms with Crippen LogP contribution < -0.4 is 9.80 Å². The van der Waals surface area contributed by atoms with Crippen molar-refractivity contribution in [2.24, 2.45) is 0 Å². The van der Waals surface area contributed by atoms with E-state index in [1.54, 1.807) is 0 Å². The minimum Gasteiger partial charge on any atom is -0.310 e. The minimum absolute atomic E-state index is 0.126. The van der Waals surface area contributed by atoms with E-state index in [1.165, 1.54) is 72.3 Å². The number of aryl methyl sites for hydroxylation is 4. The van der Waals surface area contributed by atoms with Gasteiger partial charge in [-0.2, -0.15) is 0 Å². The lowest BCUT2D eigenvalue weighted by Crippen LogP contribution is -2.15. The fourth-order valence-electron chi connectivity index (χ4n) is 9.74. The summed E-state index contributed by atoms with van der Waals surface area (Å²) in [5.74, 6) is 0. The summed E-state index contributed by atoms with van der Waals surface area (Å²) < 4.78 is 0. The number of rotatable bonds is 9. The van der Waals surface area contributed by atoms with Gasteiger partial charge in [0.25, 0.3) is 0 Å². The fourth-order valence-corrected chi connectivity index (χ4v) is 9.74. The fraction of sp³-hybridized carbons (Fsp3) is 0.115. The van der Waals surface area contributed by atoms with Crippen LogP contribution in [0.1, 0.15) is 47.2 Å². The molecule has 0 aromatic heterocycles. The monoisotopic (exact) mass is 812 g/mol. The van der Waals surface area contributed by atoms with E-state index < -0.39 is 0 Å². The predicted molar refractivity (Wildman–Crippen MR) is 269 cm³/mol. The van der Waals surface area contributed by atoms with Gasteiger partial charge >= 0.3 is 0 Å². The van der Waals surface area contributed by atoms with Crippen molar-refractivity contribution in [3.63, 3.8) is 0 Å². The van der Waals surface area contributed by atoms with E-state index in [0.717, 1.165) is 39.7 Å². The molecule has 0 saturated carbocycles. The van der Waals surface area contributed by atoms with Gasteiger partial charge in [0.1, 0.15) is 0 Å². The first kappa shape index (κ1) is 39.7. The quantitative estimate of drug-likeness (QED) is 0.143. The van der Waals surface area contributed by atoms with Crippen molar-refractivity contribution in [1.29, 1.82) is 0 Å². The molecule has 0 radical (unpaired) electrons. The van der Waals surface area contributed by atoms with Crippen LogP contribution in [0, 0.1) is 27.7 Å². The average Bonchev–Trinajstić information content (AvgIpc) is 3.54. The highest BCUT2D eigenvalue weighted by molar-refractivity contribution is 5.91. The first-order valence-corrected chi connectivity index (χ1v) is 22.1. The van der Waals surface area contributed by atoms with E-state index in [9.17, 15) is 0 Å². The van der Waals surface area contributed by atoms with Crippen LogP contribution in [0.3, 0.4) is 0 Å². The molecule has 0 spiro atoms. The van der Waals surface area contributed by atoms with Gasteiger partial charge in [-0.25, -0.2) is 0 Å². The van der Waals surface area contributed by atoms with Gasteiger partial charge in [-0.3, -0.25) is 0 Å². The molecule has 0 heterocycles. The van der Waals surface area contributed by atoms with Gasteiger partial charge in [0.2, 0.25) is 0 Å². The SMILES string of the molecule is Cc1ccc(N(c2ccc(-c3ccccc3)cc2)c2cc(-c3ccc4c(c3)C(C)(C)c3ccccc3-4)cc(N(c3ccc(-c4ccccc4)cc3)c3ccc(C)cc3C)c2)c(C)c1. The molecule has 2 heteroatoms. The summed E-state index contributed by atoms with van der Waals surface area (Å²) in [5, 5.41) is 0. The summed E-state index contributed by atoms with van der Waals surface area (Å²) in [6.45, 7) is 13.5. The molecule has 63 heavy (non-hydrogen) atoms. The topological polar surface area (TPSA) is 6.48 Å². The third-order valence-electron chi connectivity index (χ3n) is 13.0. The average molecular weight is 813 g/mol. The molecule has 10 rings (SSSR count). The third-order valence-corrected chi connectivity index (χ3v) is 13.0. The molecular formula is C61H52N2. The highest BCUT2D eigenvalue weighted by Gasteiger charge is 2.35. The second kappa shape index (κ2) is 16.1. The molecule has 9 aromatic rings. The summed E-state index contributed by atoms with van der Waals surface area (Å²) in [6.07, 6.45) is 0. The number of benzene rings is 9. The minimum atomic E-state index is -0.126. The summed E-state index contributed by atoms with van der Waals surface area (Å²) in [7, 11) is 0. The lowest BCUT2D eigenvalue weighted by atomic mass is 9.81. The molecule has 1 aliphatic carbocycles. The molecule has 0 saturated heterocycles. The second-order valence-electron chi connectivity index (χ2n) is 17.7. The van der Waals surface area contributed by atoms with Crippen LogP contribution in [0.4, 0.5) is 34.1 Å². The van der Waals surface area contributed by atoms with Crippen LogP contribution in [0.15, 0.2) is 206 Å². The van der Waals surface area contributed by atoms with Gasteiger partial charge in [0.15, 0.2) is 0 Å². The summed E-state index contributed by atoms with van der Waals surface area (Å²) in [4.78, 5) is 4.89. The van der Waals surface area contributed by atoms with Crippen molar-refractivity contribution in [2.75, 3.05) is 9.80 Å². The van der Waals surface area contributed by atoms with Crippen molar-refractivity contribution in [3.8, 4) is 44.5 Å². The van der Waals surface area contributed by atoms with E-state index in [-0.39, 0.29) is 5.41 Å². The van der Waals surface area contributed by atoms with Crippen LogP contribution in [0.5, 0.6) is 0 Å². The summed E-state index contributed by atoms with van der Waals surface area (Å²) >= 11 is 0. The van der Waals surface area contributed by atoms with E-state index >= 15 is 0 Å². The number of anilines is 6. The number of hydrogen-bond donors (Lipinski definition) is 0. The molecule has 9 aromatic carbocycles. The first-order valence-electron chi connectivity index (χ1n) is 22.1. The molecule has 306 valence electrons. The maximum Gasteiger partial charge on any atom is 0.0490 e. The van der Waals surface area contributed by atoms with Crippen LogP contribution in [0.25, 0.3) is 44.5 Å². The van der Waals surface area contributed by atoms with Crippen LogP contribution in [0.2, 0.25) is 0 Å². The highest BCUT2D eigenvalue weighted by atomic mass is 15.2. The van der Waals surface area contributed by atoms with E-state index in [2.05, 4.69) is 258 Å². The Morgan fingerprint density at radius 2 is 0.730 bits per heavy atom. The molecular weight excluding hydrogens is 761 g/mol. The van der Waals surface area contributed by atoms with Crippen molar-refractivity contribution in [2.45, 2.75) is 47.0 Å². The van der Waals surface area contributed by atoms with Gasteiger partial charge in [-0.15, -0.1) is 0 Å². The van der Waals surface area contributed by atoms with Gasteiger partial charge in [-0.05, 0) is 155 Å². The maximum atomic E-state index is 2.45. The third kappa shape index (κ3) is 7.42. The Labute approximate surface area is 373 Å². The number of nitrogens with zero attached hydrogens (tertiary/aromatic N) is 2. The largest absolute Gasteiger partial charge is 0.310 e. The highest BCUT2D eigenvalue weighted by Crippen LogP contribution is 2.51. The second-order valence-corrected chi connectivity index (χ2v) is 17.7. The zero-order valence-electron chi connectivity index (χ0n) is 37.0. The summed E-state index contributed by atoms with van der Waals surface area (Å²) in [6, 6.07) is 76.2. The van der Waals surface area contributed by atoms with Crippen LogP contribution >= 0.6 is 0 Å². The molecule has 0 unspecified atom stereocenters. The smallest absolute Gasteiger partial charge is 0.0490 e. The lowest BCUT2D eigenvalue weighted by molar-refractivity contribution is 0.660. The van der Waals surface area contributed by atoms with Crippen molar-refractivity contribution in [3.05, 3.63) is 240 Å². The molecule has 1 aliphatic rings. The molecule has 0 bridgehead atoms. The lowest BCUT2D eigenvalue weighted by Gasteiger charge is -2.32. The normalized spacial score (nSPS) is 12.4. The molecule has 0 atom stereocenters. The zero-order valence-corrected chi connectivity index (χ0v) is 37.0. The van der Waals surface area contributed by atoms with Gasteiger partial charge in [0.05, 0.1) is 0 Å². The molecule has 0 N–H and O–H groups in total. The van der Waals surface area contributed by atoms with Gasteiger partial charge in [-0.1, -0.05) is 171 Å². The first-order chi connectivity index (χ1) is 30.6. The Morgan fingerprint density at radius 3 is 1.22 bits per heavy atom. The standard InChI is InChI=1S/C61H52N2/c1-41-21-33-59(43(3)35-41)62(51-28-23-47(24-29-51)45-15-9-7-10-16-45)53-37-50(49-27-32-56-55-19-13-14-20-57(55)61(5,6)58(56)39-49)38-54(40-53)63(60-34-22-42(2)36-44(60)4)52-30-25-48(26-31-52)46-17-11-8-12-18-46/h7-40H,1-6H3. The van der Waals surface area contributed by atoms with Gasteiger partial charge in [0, 0.05) is 39.5 Å². The zero-order chi connectivity index (χ0) is 43.2. The Morgan fingerprint density at radius 1 is 0.302 bits per heavy atom. The van der Waals surface area contributed by atoms with E-state index in [1.807, 2.05) is 0 Å². The number of hydrogen-bond acceptors (Lipinski definition) is 2. The Kier molecular flexibility index (Phi) is 10.2. The van der Waals surface area contributed by atoms with E-state index in [4.69, 9.17) is 0 Å². The number of fused-ring (bicyclic) bond motifs is 3.